The average molecular weight is 726 g/mol. The molecule has 2 bridgehead atoms. The summed E-state index contributed by atoms with van der Waals surface area (Å²) >= 11 is 0. The van der Waals surface area contributed by atoms with Crippen molar-refractivity contribution in [1.82, 2.24) is 20.3 Å². The number of para-hydroxylation sites is 1. The molecular formula is C44H38F3N5O2. The third-order valence-electron chi connectivity index (χ3n) is 11.1. The Morgan fingerprint density at radius 3 is 2.54 bits per heavy atom. The summed E-state index contributed by atoms with van der Waals surface area (Å²) in [6.45, 7) is 4.10. The van der Waals surface area contributed by atoms with E-state index in [4.69, 9.17) is 25.9 Å². The zero-order chi connectivity index (χ0) is 37.1. The first kappa shape index (κ1) is 34.3. The fourth-order valence-corrected chi connectivity index (χ4v) is 8.64. The van der Waals surface area contributed by atoms with E-state index in [1.807, 2.05) is 18.2 Å². The number of nitrogens with zero attached hydrogens (tertiary/aromatic N) is 4. The molecule has 0 radical (unpaired) electrons. The second-order valence-electron chi connectivity index (χ2n) is 15.0. The molecule has 54 heavy (non-hydrogen) atoms. The van der Waals surface area contributed by atoms with Crippen LogP contribution in [0.4, 0.5) is 19.0 Å². The molecule has 0 saturated carbocycles. The van der Waals surface area contributed by atoms with Crippen LogP contribution in [0.2, 0.25) is 0 Å². The van der Waals surface area contributed by atoms with E-state index in [1.165, 1.54) is 17.7 Å². The molecule has 4 heterocycles. The molecule has 2 aromatic heterocycles. The van der Waals surface area contributed by atoms with Gasteiger partial charge in [0.05, 0.1) is 22.0 Å². The standard InChI is InChI=1S/C44H38F3N5O2/c1-4-30-34(45)15-12-25-9-7-10-31(38(25)30)39-35(46)19-33-41(40(39)47)50-43(51-42(33)52-22-28-13-14-29(23-52)48-28)54-24-44(2)20-27(16-17-53-3)32-18-26-8-5-6-11-36(26)49-37(32)21-44/h1,5-12,15,18-19,21,28-29,48H,13-14,16-17,20,22-24H2,2-3H3/t28-,29+,44?. The molecule has 0 amide bonds. The lowest BCUT2D eigenvalue weighted by molar-refractivity contribution is 0.194. The van der Waals surface area contributed by atoms with Crippen LogP contribution in [0.3, 0.4) is 0 Å². The Hall–Kier alpha value is -5.50. The molecule has 272 valence electrons. The molecule has 1 N–H and O–H groups in total. The summed E-state index contributed by atoms with van der Waals surface area (Å²) in [5, 5.41) is 7.71. The van der Waals surface area contributed by atoms with Crippen LogP contribution in [0, 0.1) is 35.2 Å². The SMILES string of the molecule is C#Cc1c(F)ccc2cccc(-c3c(F)cc4c(N5C[C@H]6CC[C@@H](C5)N6)nc(OCC5(C)C=c6nc7ccccc7cc6=C(CCOC)C5)nc4c3F)c12. The first-order chi connectivity index (χ1) is 26.2. The van der Waals surface area contributed by atoms with Crippen LogP contribution in [-0.2, 0) is 4.74 Å². The summed E-state index contributed by atoms with van der Waals surface area (Å²) in [5.41, 5.74) is 1.25. The van der Waals surface area contributed by atoms with E-state index in [1.54, 1.807) is 31.4 Å². The zero-order valence-corrected chi connectivity index (χ0v) is 30.1. The smallest absolute Gasteiger partial charge is 0.319 e. The van der Waals surface area contributed by atoms with E-state index in [0.717, 1.165) is 40.7 Å². The minimum atomic E-state index is -0.896. The second kappa shape index (κ2) is 13.4. The van der Waals surface area contributed by atoms with Gasteiger partial charge in [0.2, 0.25) is 0 Å². The van der Waals surface area contributed by atoms with Gasteiger partial charge in [0.25, 0.3) is 0 Å². The molecule has 2 fully saturated rings. The molecule has 6 aromatic rings. The topological polar surface area (TPSA) is 72.4 Å². The number of rotatable bonds is 8. The van der Waals surface area contributed by atoms with Gasteiger partial charge in [0.15, 0.2) is 5.82 Å². The summed E-state index contributed by atoms with van der Waals surface area (Å²) in [5.74, 6) is 0.437. The highest BCUT2D eigenvalue weighted by Crippen LogP contribution is 2.41. The van der Waals surface area contributed by atoms with Crippen LogP contribution in [0.25, 0.3) is 55.4 Å². The van der Waals surface area contributed by atoms with Crippen molar-refractivity contribution in [2.45, 2.75) is 44.7 Å². The maximum absolute atomic E-state index is 17.1. The summed E-state index contributed by atoms with van der Waals surface area (Å²) < 4.78 is 60.4. The molecule has 1 unspecified atom stereocenters. The molecule has 0 spiro atoms. The summed E-state index contributed by atoms with van der Waals surface area (Å²) in [6, 6.07) is 19.7. The summed E-state index contributed by atoms with van der Waals surface area (Å²) in [7, 11) is 1.69. The van der Waals surface area contributed by atoms with Crippen molar-refractivity contribution >= 4 is 50.0 Å². The monoisotopic (exact) mass is 725 g/mol. The molecule has 4 aromatic carbocycles. The number of terminal acetylenes is 1. The lowest BCUT2D eigenvalue weighted by Gasteiger charge is -2.34. The van der Waals surface area contributed by atoms with Crippen molar-refractivity contribution < 1.29 is 22.6 Å². The van der Waals surface area contributed by atoms with Crippen molar-refractivity contribution in [3.05, 3.63) is 100 Å². The lowest BCUT2D eigenvalue weighted by atomic mass is 9.79. The van der Waals surface area contributed by atoms with Crippen molar-refractivity contribution in [2.24, 2.45) is 5.41 Å². The van der Waals surface area contributed by atoms with Crippen LogP contribution in [0.15, 0.2) is 66.7 Å². The third kappa shape index (κ3) is 5.92. The molecule has 10 heteroatoms. The van der Waals surface area contributed by atoms with Gasteiger partial charge in [-0.2, -0.15) is 9.97 Å². The van der Waals surface area contributed by atoms with E-state index in [9.17, 15) is 4.39 Å². The number of methoxy groups -OCH3 is 1. The Balaban J connectivity index is 1.17. The number of hydrogen-bond donors (Lipinski definition) is 1. The van der Waals surface area contributed by atoms with E-state index in [2.05, 4.69) is 46.3 Å². The minimum Gasteiger partial charge on any atom is -0.462 e. The van der Waals surface area contributed by atoms with Gasteiger partial charge in [0, 0.05) is 60.5 Å². The summed E-state index contributed by atoms with van der Waals surface area (Å²) in [4.78, 5) is 16.6. The van der Waals surface area contributed by atoms with Crippen LogP contribution in [-0.4, -0.2) is 60.4 Å². The van der Waals surface area contributed by atoms with E-state index in [-0.39, 0.29) is 57.7 Å². The molecule has 3 atom stereocenters. The van der Waals surface area contributed by atoms with Crippen LogP contribution >= 0.6 is 0 Å². The fraction of sp³-hybridized carbons (Fsp3) is 0.295. The predicted octanol–water partition coefficient (Wildman–Crippen LogP) is 6.79. The third-order valence-corrected chi connectivity index (χ3v) is 11.1. The Labute approximate surface area is 310 Å². The normalized spacial score (nSPS) is 20.7. The van der Waals surface area contributed by atoms with Crippen LogP contribution in [0.1, 0.15) is 38.2 Å². The first-order valence-corrected chi connectivity index (χ1v) is 18.3. The number of piperazine rings is 1. The maximum atomic E-state index is 17.1. The lowest BCUT2D eigenvalue weighted by Crippen LogP contribution is -2.51. The molecule has 3 aliphatic rings. The number of benzene rings is 4. The fourth-order valence-electron chi connectivity index (χ4n) is 8.64. The maximum Gasteiger partial charge on any atom is 0.319 e. The van der Waals surface area contributed by atoms with Crippen LogP contribution < -0.4 is 25.5 Å². The molecule has 1 aliphatic carbocycles. The van der Waals surface area contributed by atoms with E-state index < -0.39 is 22.9 Å². The van der Waals surface area contributed by atoms with Crippen molar-refractivity contribution in [3.63, 3.8) is 0 Å². The number of fused-ring (bicyclic) bond motifs is 6. The minimum absolute atomic E-state index is 0.0153. The Morgan fingerprint density at radius 1 is 0.944 bits per heavy atom. The molecule has 2 aliphatic heterocycles. The van der Waals surface area contributed by atoms with Crippen molar-refractivity contribution in [3.8, 4) is 29.5 Å². The van der Waals surface area contributed by atoms with Crippen molar-refractivity contribution in [1.29, 1.82) is 0 Å². The number of ether oxygens (including phenoxy) is 2. The first-order valence-electron chi connectivity index (χ1n) is 18.3. The quantitative estimate of drug-likeness (QED) is 0.173. The number of anilines is 1. The number of halogens is 3. The van der Waals surface area contributed by atoms with Gasteiger partial charge in [-0.1, -0.05) is 60.9 Å². The highest BCUT2D eigenvalue weighted by Gasteiger charge is 2.35. The van der Waals surface area contributed by atoms with Gasteiger partial charge in [-0.3, -0.25) is 0 Å². The largest absolute Gasteiger partial charge is 0.462 e. The van der Waals surface area contributed by atoms with Crippen molar-refractivity contribution in [2.75, 3.05) is 38.3 Å². The van der Waals surface area contributed by atoms with E-state index in [0.29, 0.717) is 37.3 Å². The number of pyridine rings is 1. The van der Waals surface area contributed by atoms with Gasteiger partial charge >= 0.3 is 6.01 Å². The highest BCUT2D eigenvalue weighted by molar-refractivity contribution is 6.03. The zero-order valence-electron chi connectivity index (χ0n) is 30.1. The van der Waals surface area contributed by atoms with Gasteiger partial charge in [0.1, 0.15) is 29.6 Å². The summed E-state index contributed by atoms with van der Waals surface area (Å²) in [6.07, 6.45) is 11.3. The Bertz CT molecular complexity index is 2660. The van der Waals surface area contributed by atoms with Gasteiger partial charge in [-0.25, -0.2) is 18.2 Å². The second-order valence-corrected chi connectivity index (χ2v) is 15.0. The highest BCUT2D eigenvalue weighted by atomic mass is 19.1. The number of hydrogen-bond acceptors (Lipinski definition) is 7. The van der Waals surface area contributed by atoms with Gasteiger partial charge in [-0.15, -0.1) is 6.42 Å². The van der Waals surface area contributed by atoms with Gasteiger partial charge < -0.3 is 19.7 Å². The van der Waals surface area contributed by atoms with Crippen LogP contribution in [0.5, 0.6) is 6.01 Å². The molecule has 7 nitrogen and oxygen atoms in total. The molecule has 9 rings (SSSR count). The Morgan fingerprint density at radius 2 is 1.74 bits per heavy atom. The number of aromatic nitrogens is 3. The average Bonchev–Trinajstić information content (AvgIpc) is 3.52. The Kier molecular flexibility index (Phi) is 8.52. The number of nitrogens with one attached hydrogen (secondary N) is 1. The van der Waals surface area contributed by atoms with Gasteiger partial charge in [-0.05, 0) is 72.2 Å². The van der Waals surface area contributed by atoms with E-state index >= 15 is 8.78 Å². The molecular weight excluding hydrogens is 688 g/mol. The predicted molar refractivity (Wildman–Crippen MR) is 206 cm³/mol. The molecule has 2 saturated heterocycles.